The zero-order chi connectivity index (χ0) is 28.3. The van der Waals surface area contributed by atoms with Crippen molar-refractivity contribution in [1.82, 2.24) is 19.5 Å². The van der Waals surface area contributed by atoms with Crippen molar-refractivity contribution in [3.63, 3.8) is 0 Å². The largest absolute Gasteiger partial charge is 0.494 e. The Hall–Kier alpha value is -4.70. The zero-order valence-electron chi connectivity index (χ0n) is 22.6. The molecule has 0 spiro atoms. The Bertz CT molecular complexity index is 1520. The number of ether oxygens (including phenoxy) is 2. The van der Waals surface area contributed by atoms with Gasteiger partial charge in [0.2, 0.25) is 0 Å². The van der Waals surface area contributed by atoms with Crippen LogP contribution in [0.25, 0.3) is 21.8 Å². The quantitative estimate of drug-likeness (QED) is 0.0551. The number of benzene rings is 2. The second-order valence-electron chi connectivity index (χ2n) is 9.37. The minimum Gasteiger partial charge on any atom is -0.494 e. The van der Waals surface area contributed by atoms with Gasteiger partial charge < -0.3 is 25.0 Å². The molecule has 0 amide bonds. The molecular weight excluding hydrogens is 536 g/mol. The van der Waals surface area contributed by atoms with Crippen LogP contribution in [-0.4, -0.2) is 43.8 Å². The third-order valence-electron chi connectivity index (χ3n) is 6.47. The predicted octanol–water partition coefficient (Wildman–Crippen LogP) is 6.03. The van der Waals surface area contributed by atoms with Crippen LogP contribution in [0, 0.1) is 0 Å². The second kappa shape index (κ2) is 14.1. The van der Waals surface area contributed by atoms with Crippen LogP contribution in [0.1, 0.15) is 29.7 Å². The number of pyridine rings is 1. The predicted molar refractivity (Wildman–Crippen MR) is 161 cm³/mol. The first-order valence-corrected chi connectivity index (χ1v) is 14.3. The van der Waals surface area contributed by atoms with Crippen molar-refractivity contribution in [2.75, 3.05) is 13.2 Å². The van der Waals surface area contributed by atoms with E-state index in [9.17, 15) is 0 Å². The molecule has 5 aromatic rings. The number of hydrogen-bond acceptors (Lipinski definition) is 8. The summed E-state index contributed by atoms with van der Waals surface area (Å²) < 4.78 is 13.8. The first-order chi connectivity index (χ1) is 20.2. The molecule has 0 saturated carbocycles. The molecule has 10 heteroatoms. The van der Waals surface area contributed by atoms with Gasteiger partial charge in [-0.1, -0.05) is 5.16 Å². The average molecular weight is 569 g/mol. The maximum absolute atomic E-state index is 8.74. The molecule has 0 aliphatic heterocycles. The molecule has 0 bridgehead atoms. The van der Waals surface area contributed by atoms with Crippen LogP contribution in [0.15, 0.2) is 96.9 Å². The van der Waals surface area contributed by atoms with E-state index < -0.39 is 0 Å². The van der Waals surface area contributed by atoms with E-state index in [1.54, 1.807) is 35.9 Å². The van der Waals surface area contributed by atoms with E-state index in [-0.39, 0.29) is 5.84 Å². The van der Waals surface area contributed by atoms with Gasteiger partial charge in [0.25, 0.3) is 0 Å². The monoisotopic (exact) mass is 568 g/mol. The molecule has 3 N–H and O–H groups in total. The van der Waals surface area contributed by atoms with Gasteiger partial charge in [-0.2, -0.15) is 0 Å². The van der Waals surface area contributed by atoms with Crippen molar-refractivity contribution in [3.05, 3.63) is 102 Å². The second-order valence-corrected chi connectivity index (χ2v) is 10.5. The Kier molecular flexibility index (Phi) is 9.57. The molecule has 0 aliphatic carbocycles. The lowest BCUT2D eigenvalue weighted by atomic mass is 10.1. The summed E-state index contributed by atoms with van der Waals surface area (Å²) in [5.41, 5.74) is 9.33. The SMILES string of the molecule is N/C(=N\O)c1ccc(OCCCCCOc2ccc(-c3nc(-c4cccnc4)sc3CCn3ccnc3)cc2)cc1. The molecule has 0 aliphatic rings. The summed E-state index contributed by atoms with van der Waals surface area (Å²) in [6, 6.07) is 19.3. The molecule has 0 radical (unpaired) electrons. The number of rotatable bonds is 14. The fourth-order valence-corrected chi connectivity index (χ4v) is 5.32. The lowest BCUT2D eigenvalue weighted by Crippen LogP contribution is -2.12. The number of oxime groups is 1. The van der Waals surface area contributed by atoms with E-state index in [2.05, 4.69) is 31.8 Å². The molecule has 41 heavy (non-hydrogen) atoms. The standard InChI is InChI=1S/C31H32N6O3S/c32-30(36-38)24-8-12-27(13-9-24)40-20-3-1-2-19-39-26-10-6-23(7-11-26)29-28(14-17-37-18-16-34-22-37)41-31(35-29)25-5-4-15-33-21-25/h4-13,15-16,18,21-22,38H,1-3,14,17,19-20H2,(H2,32,36). The lowest BCUT2D eigenvalue weighted by Gasteiger charge is -2.09. The highest BCUT2D eigenvalue weighted by Crippen LogP contribution is 2.35. The van der Waals surface area contributed by atoms with Crippen molar-refractivity contribution in [2.24, 2.45) is 10.9 Å². The molecule has 2 aromatic carbocycles. The number of unbranched alkanes of at least 4 members (excludes halogenated alkanes) is 2. The summed E-state index contributed by atoms with van der Waals surface area (Å²) in [5.74, 6) is 1.68. The minimum absolute atomic E-state index is 0.0793. The molecule has 0 atom stereocenters. The highest BCUT2D eigenvalue weighted by molar-refractivity contribution is 7.15. The first-order valence-electron chi connectivity index (χ1n) is 13.5. The fourth-order valence-electron chi connectivity index (χ4n) is 4.26. The van der Waals surface area contributed by atoms with Crippen molar-refractivity contribution >= 4 is 17.2 Å². The Labute approximate surface area is 243 Å². The van der Waals surface area contributed by atoms with E-state index >= 15 is 0 Å². The Morgan fingerprint density at radius 2 is 1.61 bits per heavy atom. The first kappa shape index (κ1) is 27.9. The number of amidine groups is 1. The minimum atomic E-state index is 0.0793. The van der Waals surface area contributed by atoms with E-state index in [1.165, 1.54) is 4.88 Å². The zero-order valence-corrected chi connectivity index (χ0v) is 23.4. The third-order valence-corrected chi connectivity index (χ3v) is 7.64. The Morgan fingerprint density at radius 3 is 2.24 bits per heavy atom. The van der Waals surface area contributed by atoms with Gasteiger partial charge in [0, 0.05) is 59.3 Å². The fraction of sp³-hybridized carbons (Fsp3) is 0.226. The molecule has 5 rings (SSSR count). The van der Waals surface area contributed by atoms with Crippen LogP contribution in [0.3, 0.4) is 0 Å². The number of thiazole rings is 1. The number of hydrogen-bond donors (Lipinski definition) is 2. The number of nitrogens with zero attached hydrogens (tertiary/aromatic N) is 5. The molecular formula is C31H32N6O3S. The van der Waals surface area contributed by atoms with Crippen LogP contribution >= 0.6 is 11.3 Å². The molecule has 0 fully saturated rings. The summed E-state index contributed by atoms with van der Waals surface area (Å²) in [5, 5.41) is 12.7. The maximum atomic E-state index is 8.74. The Balaban J connectivity index is 1.10. The van der Waals surface area contributed by atoms with Crippen LogP contribution in [-0.2, 0) is 13.0 Å². The Morgan fingerprint density at radius 1 is 0.878 bits per heavy atom. The summed E-state index contributed by atoms with van der Waals surface area (Å²) in [6.45, 7) is 2.11. The topological polar surface area (TPSA) is 121 Å². The maximum Gasteiger partial charge on any atom is 0.170 e. The number of imidazole rings is 1. The molecule has 9 nitrogen and oxygen atoms in total. The molecule has 0 saturated heterocycles. The van der Waals surface area contributed by atoms with E-state index in [4.69, 9.17) is 25.4 Å². The van der Waals surface area contributed by atoms with E-state index in [1.807, 2.05) is 55.1 Å². The highest BCUT2D eigenvalue weighted by atomic mass is 32.1. The van der Waals surface area contributed by atoms with Gasteiger partial charge in [0.1, 0.15) is 16.5 Å². The van der Waals surface area contributed by atoms with Crippen molar-refractivity contribution in [1.29, 1.82) is 0 Å². The third kappa shape index (κ3) is 7.70. The van der Waals surface area contributed by atoms with Crippen molar-refractivity contribution < 1.29 is 14.7 Å². The van der Waals surface area contributed by atoms with Crippen molar-refractivity contribution in [2.45, 2.75) is 32.2 Å². The van der Waals surface area contributed by atoms with E-state index in [0.717, 1.165) is 65.6 Å². The number of aryl methyl sites for hydroxylation is 2. The van der Waals surface area contributed by atoms with Crippen LogP contribution in [0.4, 0.5) is 0 Å². The average Bonchev–Trinajstić information content (AvgIpc) is 3.71. The lowest BCUT2D eigenvalue weighted by molar-refractivity contribution is 0.279. The van der Waals surface area contributed by atoms with Crippen molar-refractivity contribution in [3.8, 4) is 33.3 Å². The molecule has 0 unspecified atom stereocenters. The number of aromatic nitrogens is 4. The van der Waals surface area contributed by atoms with Gasteiger partial charge in [-0.25, -0.2) is 9.97 Å². The summed E-state index contributed by atoms with van der Waals surface area (Å²) in [6.07, 6.45) is 13.0. The molecule has 210 valence electrons. The van der Waals surface area contributed by atoms with Gasteiger partial charge in [0.15, 0.2) is 5.84 Å². The summed E-state index contributed by atoms with van der Waals surface area (Å²) >= 11 is 1.71. The van der Waals surface area contributed by atoms with Gasteiger partial charge in [-0.05, 0) is 79.9 Å². The van der Waals surface area contributed by atoms with Gasteiger partial charge >= 0.3 is 0 Å². The van der Waals surface area contributed by atoms with E-state index in [0.29, 0.717) is 18.8 Å². The molecule has 3 heterocycles. The van der Waals surface area contributed by atoms with Gasteiger partial charge in [-0.15, -0.1) is 11.3 Å². The normalized spacial score (nSPS) is 11.5. The molecule has 3 aromatic heterocycles. The highest BCUT2D eigenvalue weighted by Gasteiger charge is 2.15. The number of nitrogens with two attached hydrogens (primary N) is 1. The smallest absolute Gasteiger partial charge is 0.170 e. The van der Waals surface area contributed by atoms with Crippen LogP contribution in [0.2, 0.25) is 0 Å². The van der Waals surface area contributed by atoms with Crippen LogP contribution < -0.4 is 15.2 Å². The van der Waals surface area contributed by atoms with Gasteiger partial charge in [-0.3, -0.25) is 4.98 Å². The summed E-state index contributed by atoms with van der Waals surface area (Å²) in [7, 11) is 0. The van der Waals surface area contributed by atoms with Gasteiger partial charge in [0.05, 0.1) is 25.2 Å². The van der Waals surface area contributed by atoms with Crippen LogP contribution in [0.5, 0.6) is 11.5 Å². The summed E-state index contributed by atoms with van der Waals surface area (Å²) in [4.78, 5) is 14.6.